The minimum atomic E-state index is -3.70. The molecular formula is C19H16ClN3O6S. The molecule has 4 rings (SSSR count). The molecule has 0 radical (unpaired) electrons. The van der Waals surface area contributed by atoms with E-state index in [1.165, 1.54) is 18.2 Å². The number of likely N-dealkylation sites (tertiary alicyclic amines) is 1. The average Bonchev–Trinajstić information content (AvgIpc) is 3.01. The van der Waals surface area contributed by atoms with Crippen molar-refractivity contribution in [2.24, 2.45) is 10.3 Å². The summed E-state index contributed by atoms with van der Waals surface area (Å²) in [5.74, 6) is -0.418. The predicted octanol–water partition coefficient (Wildman–Crippen LogP) is 3.01. The van der Waals surface area contributed by atoms with Crippen molar-refractivity contribution in [3.63, 3.8) is 0 Å². The minimum Gasteiger partial charge on any atom is -0.425 e. The lowest BCUT2D eigenvalue weighted by atomic mass is 9.96. The number of esters is 1. The number of nitrogens with zero attached hydrogens (tertiary/aromatic N) is 3. The van der Waals surface area contributed by atoms with Crippen LogP contribution in [0.5, 0.6) is 5.75 Å². The molecule has 2 aromatic rings. The van der Waals surface area contributed by atoms with E-state index < -0.39 is 26.8 Å². The first-order valence-electron chi connectivity index (χ1n) is 9.11. The van der Waals surface area contributed by atoms with E-state index in [4.69, 9.17) is 16.3 Å². The van der Waals surface area contributed by atoms with Crippen LogP contribution in [0.3, 0.4) is 0 Å². The second kappa shape index (κ2) is 7.69. The fourth-order valence-corrected chi connectivity index (χ4v) is 4.96. The van der Waals surface area contributed by atoms with Crippen LogP contribution in [0.15, 0.2) is 51.8 Å². The van der Waals surface area contributed by atoms with E-state index >= 15 is 0 Å². The van der Waals surface area contributed by atoms with Gasteiger partial charge in [-0.25, -0.2) is 0 Å². The Labute approximate surface area is 177 Å². The van der Waals surface area contributed by atoms with Crippen molar-refractivity contribution >= 4 is 39.1 Å². The molecule has 0 aliphatic carbocycles. The van der Waals surface area contributed by atoms with Crippen molar-refractivity contribution in [2.45, 2.75) is 17.7 Å². The van der Waals surface area contributed by atoms with E-state index in [0.29, 0.717) is 37.3 Å². The molecule has 0 spiro atoms. The Kier molecular flexibility index (Phi) is 5.20. The molecule has 30 heavy (non-hydrogen) atoms. The maximum atomic E-state index is 12.5. The average molecular weight is 450 g/mol. The van der Waals surface area contributed by atoms with Gasteiger partial charge < -0.3 is 9.64 Å². The molecule has 1 saturated heterocycles. The zero-order valence-electron chi connectivity index (χ0n) is 15.5. The molecule has 2 aliphatic heterocycles. The van der Waals surface area contributed by atoms with Crippen molar-refractivity contribution in [3.05, 3.63) is 63.2 Å². The molecule has 0 aromatic heterocycles. The van der Waals surface area contributed by atoms with E-state index in [1.54, 1.807) is 18.2 Å². The van der Waals surface area contributed by atoms with Crippen molar-refractivity contribution < 1.29 is 22.9 Å². The largest absolute Gasteiger partial charge is 0.425 e. The molecule has 0 saturated carbocycles. The highest BCUT2D eigenvalue weighted by atomic mass is 35.5. The number of ether oxygens (including phenoxy) is 1. The number of nitro benzene ring substituents is 1. The lowest BCUT2D eigenvalue weighted by Crippen LogP contribution is -2.41. The number of carbonyl (C=O) groups excluding carboxylic acids is 1. The number of fused-ring (bicyclic) bond motifs is 1. The lowest BCUT2D eigenvalue weighted by Gasteiger charge is -2.32. The minimum absolute atomic E-state index is 0.0166. The number of hydrogen-bond donors (Lipinski definition) is 0. The van der Waals surface area contributed by atoms with Crippen LogP contribution < -0.4 is 4.74 Å². The van der Waals surface area contributed by atoms with Gasteiger partial charge in [0.1, 0.15) is 10.6 Å². The Hall–Kier alpha value is -2.98. The first-order valence-corrected chi connectivity index (χ1v) is 10.9. The third kappa shape index (κ3) is 3.75. The number of nitro groups is 1. The van der Waals surface area contributed by atoms with E-state index in [-0.39, 0.29) is 21.4 Å². The van der Waals surface area contributed by atoms with Gasteiger partial charge in [-0.05, 0) is 31.0 Å². The van der Waals surface area contributed by atoms with Gasteiger partial charge in [0.25, 0.3) is 15.7 Å². The van der Waals surface area contributed by atoms with Gasteiger partial charge in [0.2, 0.25) is 0 Å². The highest BCUT2D eigenvalue weighted by molar-refractivity contribution is 7.90. The van der Waals surface area contributed by atoms with Gasteiger partial charge in [-0.15, -0.1) is 4.40 Å². The van der Waals surface area contributed by atoms with Gasteiger partial charge >= 0.3 is 5.97 Å². The quantitative estimate of drug-likeness (QED) is 0.305. The summed E-state index contributed by atoms with van der Waals surface area (Å²) in [6, 6.07) is 10.3. The van der Waals surface area contributed by atoms with Crippen LogP contribution in [0.2, 0.25) is 5.02 Å². The molecule has 11 heteroatoms. The summed E-state index contributed by atoms with van der Waals surface area (Å²) in [5.41, 5.74) is 0.372. The summed E-state index contributed by atoms with van der Waals surface area (Å²) in [5, 5.41) is 10.8. The summed E-state index contributed by atoms with van der Waals surface area (Å²) in [4.78, 5) is 24.7. The number of piperidine rings is 1. The summed E-state index contributed by atoms with van der Waals surface area (Å²) in [6.07, 6.45) is 0.898. The molecule has 1 fully saturated rings. The van der Waals surface area contributed by atoms with Crippen molar-refractivity contribution in [2.75, 3.05) is 13.1 Å². The number of rotatable bonds is 3. The standard InChI is InChI=1S/C19H16ClN3O6S/c20-15-11-13(23(25)26)5-6-16(15)29-19(24)12-7-9-22(10-8-12)18-14-3-1-2-4-17(14)30(27,28)21-18/h1-6,11-12H,7-10H2. The highest BCUT2D eigenvalue weighted by Gasteiger charge is 2.35. The lowest BCUT2D eigenvalue weighted by molar-refractivity contribution is -0.384. The Morgan fingerprint density at radius 2 is 1.90 bits per heavy atom. The SMILES string of the molecule is O=C(Oc1ccc([N+](=O)[O-])cc1Cl)C1CCN(C2=NS(=O)(=O)c3ccccc32)CC1. The number of carbonyl (C=O) groups is 1. The van der Waals surface area contributed by atoms with Crippen LogP contribution in [-0.4, -0.2) is 43.1 Å². The number of amidine groups is 1. The zero-order chi connectivity index (χ0) is 21.5. The van der Waals surface area contributed by atoms with Crippen LogP contribution in [0.1, 0.15) is 18.4 Å². The van der Waals surface area contributed by atoms with Crippen molar-refractivity contribution in [1.29, 1.82) is 0 Å². The third-order valence-corrected chi connectivity index (χ3v) is 6.70. The van der Waals surface area contributed by atoms with Gasteiger partial charge in [-0.1, -0.05) is 23.7 Å². The number of benzene rings is 2. The second-order valence-corrected chi connectivity index (χ2v) is 8.92. The second-order valence-electron chi connectivity index (χ2n) is 6.94. The maximum Gasteiger partial charge on any atom is 0.314 e. The Morgan fingerprint density at radius 1 is 1.20 bits per heavy atom. The molecule has 0 N–H and O–H groups in total. The fraction of sp³-hybridized carbons (Fsp3) is 0.263. The summed E-state index contributed by atoms with van der Waals surface area (Å²) >= 11 is 5.98. The van der Waals surface area contributed by atoms with Crippen LogP contribution in [0.4, 0.5) is 5.69 Å². The molecule has 156 valence electrons. The normalized spacial score (nSPS) is 17.9. The van der Waals surface area contributed by atoms with Crippen LogP contribution in [0.25, 0.3) is 0 Å². The smallest absolute Gasteiger partial charge is 0.314 e. The Morgan fingerprint density at radius 3 is 2.57 bits per heavy atom. The summed E-state index contributed by atoms with van der Waals surface area (Å²) in [6.45, 7) is 0.882. The zero-order valence-corrected chi connectivity index (χ0v) is 17.1. The summed E-state index contributed by atoms with van der Waals surface area (Å²) < 4.78 is 33.7. The van der Waals surface area contributed by atoms with Gasteiger partial charge in [-0.2, -0.15) is 8.42 Å². The van der Waals surface area contributed by atoms with Crippen molar-refractivity contribution in [3.8, 4) is 5.75 Å². The maximum absolute atomic E-state index is 12.5. The van der Waals surface area contributed by atoms with E-state index in [9.17, 15) is 23.3 Å². The van der Waals surface area contributed by atoms with E-state index in [1.807, 2.05) is 4.90 Å². The molecule has 0 amide bonds. The first-order chi connectivity index (χ1) is 14.3. The fourth-order valence-electron chi connectivity index (χ4n) is 3.52. The molecule has 0 unspecified atom stereocenters. The monoisotopic (exact) mass is 449 g/mol. The molecule has 2 heterocycles. The molecular weight excluding hydrogens is 434 g/mol. The van der Waals surface area contributed by atoms with Gasteiger partial charge in [0.05, 0.1) is 15.9 Å². The molecule has 9 nitrogen and oxygen atoms in total. The van der Waals surface area contributed by atoms with E-state index in [0.717, 1.165) is 6.07 Å². The molecule has 0 bridgehead atoms. The van der Waals surface area contributed by atoms with E-state index in [2.05, 4.69) is 4.40 Å². The van der Waals surface area contributed by atoms with Gasteiger partial charge in [0.15, 0.2) is 5.84 Å². The highest BCUT2D eigenvalue weighted by Crippen LogP contribution is 2.32. The first kappa shape index (κ1) is 20.3. The molecule has 0 atom stereocenters. The topological polar surface area (TPSA) is 119 Å². The van der Waals surface area contributed by atoms with Crippen LogP contribution >= 0.6 is 11.6 Å². The number of halogens is 1. The van der Waals surface area contributed by atoms with Crippen LogP contribution in [0, 0.1) is 16.0 Å². The molecule has 2 aliphatic rings. The number of sulfonamides is 1. The van der Waals surface area contributed by atoms with Crippen molar-refractivity contribution in [1.82, 2.24) is 4.90 Å². The van der Waals surface area contributed by atoms with Crippen LogP contribution in [-0.2, 0) is 14.8 Å². The van der Waals surface area contributed by atoms with Gasteiger partial charge in [0, 0.05) is 30.8 Å². The number of non-ortho nitro benzene ring substituents is 1. The Balaban J connectivity index is 1.42. The summed E-state index contributed by atoms with van der Waals surface area (Å²) in [7, 11) is -3.70. The predicted molar refractivity (Wildman–Crippen MR) is 108 cm³/mol. The number of hydrogen-bond acceptors (Lipinski definition) is 7. The molecule has 2 aromatic carbocycles. The Bertz CT molecular complexity index is 1170. The third-order valence-electron chi connectivity index (χ3n) is 5.08. The van der Waals surface area contributed by atoms with Gasteiger partial charge in [-0.3, -0.25) is 14.9 Å².